The summed E-state index contributed by atoms with van der Waals surface area (Å²) in [5.41, 5.74) is 0. The van der Waals surface area contributed by atoms with E-state index in [1.807, 2.05) is 6.26 Å². The molecule has 0 aromatic heterocycles. The van der Waals surface area contributed by atoms with Gasteiger partial charge in [0, 0.05) is 0 Å². The van der Waals surface area contributed by atoms with Gasteiger partial charge in [-0.15, -0.1) is 0 Å². The Morgan fingerprint density at radius 2 is 2.60 bits per heavy atom. The summed E-state index contributed by atoms with van der Waals surface area (Å²) in [7, 11) is 4.70. The van der Waals surface area contributed by atoms with Crippen molar-refractivity contribution in [3.05, 3.63) is 0 Å². The molecule has 0 aliphatic carbocycles. The molecule has 0 radical (unpaired) electrons. The molecule has 0 saturated carbocycles. The molecule has 0 N–H and O–H groups in total. The van der Waals surface area contributed by atoms with Crippen LogP contribution in [0.15, 0.2) is 0 Å². The average molecular weight is 85.7 g/mol. The van der Waals surface area contributed by atoms with E-state index in [4.69, 9.17) is 0 Å². The van der Waals surface area contributed by atoms with Crippen molar-refractivity contribution < 1.29 is 4.10 Å². The summed E-state index contributed by atoms with van der Waals surface area (Å²) in [6, 6.07) is 0. The zero-order valence-electron chi connectivity index (χ0n) is 3.10. The van der Waals surface area contributed by atoms with Crippen LogP contribution in [0, 0.1) is 0 Å². The van der Waals surface area contributed by atoms with Crippen LogP contribution in [0.4, 0.5) is 0 Å². The monoisotopic (exact) mass is 86.0 g/mol. The Kier molecular flexibility index (Phi) is 4.52. The molecule has 1 nitrogen and oxygen atoms in total. The molecule has 0 aliphatic heterocycles. The van der Waals surface area contributed by atoms with Crippen molar-refractivity contribution in [3.63, 3.8) is 0 Å². The SMILES string of the molecule is B=BOSC. The zero-order valence-corrected chi connectivity index (χ0v) is 3.92. The van der Waals surface area contributed by atoms with Gasteiger partial charge in [0.05, 0.1) is 0 Å². The molecular formula is CH4B2OS. The van der Waals surface area contributed by atoms with Gasteiger partial charge in [0.2, 0.25) is 0 Å². The van der Waals surface area contributed by atoms with Gasteiger partial charge in [-0.3, -0.25) is 0 Å². The van der Waals surface area contributed by atoms with E-state index in [0.717, 1.165) is 0 Å². The first kappa shape index (κ1) is 5.28. The molecule has 0 unspecified atom stereocenters. The molecule has 0 amide bonds. The van der Waals surface area contributed by atoms with Gasteiger partial charge in [-0.1, -0.05) is 0 Å². The summed E-state index contributed by atoms with van der Waals surface area (Å²) in [5, 5.41) is 0. The maximum absolute atomic E-state index is 4.51. The first-order valence-electron chi connectivity index (χ1n) is 1.22. The van der Waals surface area contributed by atoms with E-state index in [1.54, 1.807) is 0 Å². The minimum absolute atomic E-state index is 1.28. The third kappa shape index (κ3) is 4.28. The Morgan fingerprint density at radius 1 is 2.00 bits per heavy atom. The maximum atomic E-state index is 4.51. The second-order valence-corrected chi connectivity index (χ2v) is 0.955. The summed E-state index contributed by atoms with van der Waals surface area (Å²) >= 11 is 1.28. The molecule has 0 saturated heterocycles. The molecule has 0 spiro atoms. The molecule has 0 fully saturated rings. The van der Waals surface area contributed by atoms with Gasteiger partial charge in [-0.05, 0) is 0 Å². The Morgan fingerprint density at radius 3 is 2.60 bits per heavy atom. The molecule has 0 heterocycles. The summed E-state index contributed by atoms with van der Waals surface area (Å²) in [5.74, 6) is 0. The average Bonchev–Trinajstić information content (AvgIpc) is 1.41. The third-order valence-corrected chi connectivity index (χ3v) is 0.493. The predicted molar refractivity (Wildman–Crippen MR) is 27.5 cm³/mol. The molecule has 4 heteroatoms. The quantitative estimate of drug-likeness (QED) is 0.337. The van der Waals surface area contributed by atoms with Crippen LogP contribution < -0.4 is 0 Å². The van der Waals surface area contributed by atoms with E-state index in [9.17, 15) is 0 Å². The van der Waals surface area contributed by atoms with E-state index in [2.05, 4.69) is 11.5 Å². The molecule has 26 valence electrons. The van der Waals surface area contributed by atoms with Crippen LogP contribution in [0.1, 0.15) is 0 Å². The van der Waals surface area contributed by atoms with Gasteiger partial charge in [0.1, 0.15) is 0 Å². The van der Waals surface area contributed by atoms with Crippen molar-refractivity contribution in [3.8, 4) is 0 Å². The van der Waals surface area contributed by atoms with E-state index < -0.39 is 0 Å². The molecule has 0 aromatic rings. The van der Waals surface area contributed by atoms with Crippen molar-refractivity contribution >= 4 is 26.4 Å². The van der Waals surface area contributed by atoms with Crippen molar-refractivity contribution in [1.82, 2.24) is 0 Å². The van der Waals surface area contributed by atoms with E-state index in [1.165, 1.54) is 19.0 Å². The summed E-state index contributed by atoms with van der Waals surface area (Å²) in [6.45, 7) is 0. The van der Waals surface area contributed by atoms with Crippen LogP contribution in [-0.2, 0) is 4.10 Å². The van der Waals surface area contributed by atoms with Gasteiger partial charge in [0.15, 0.2) is 0 Å². The van der Waals surface area contributed by atoms with Crippen LogP contribution in [-0.4, -0.2) is 20.6 Å². The first-order chi connectivity index (χ1) is 2.41. The van der Waals surface area contributed by atoms with Crippen LogP contribution in [0.25, 0.3) is 0 Å². The van der Waals surface area contributed by atoms with E-state index >= 15 is 0 Å². The molecule has 0 aromatic carbocycles. The fraction of sp³-hybridized carbons (Fsp3) is 1.00. The molecule has 0 bridgehead atoms. The Labute approximate surface area is 37.6 Å². The standard InChI is InChI=1S/CH4B2OS/c1-5-4-3-2/h2H,1H3. The normalized spacial score (nSPS) is 5.60. The van der Waals surface area contributed by atoms with E-state index in [-0.39, 0.29) is 0 Å². The molecule has 0 rings (SSSR count). The summed E-state index contributed by atoms with van der Waals surface area (Å²) < 4.78 is 4.51. The zero-order chi connectivity index (χ0) is 4.12. The summed E-state index contributed by atoms with van der Waals surface area (Å²) in [4.78, 5) is 0. The van der Waals surface area contributed by atoms with Crippen molar-refractivity contribution in [2.75, 3.05) is 6.26 Å². The second kappa shape index (κ2) is 4.28. The Hall–Kier alpha value is 0.280. The van der Waals surface area contributed by atoms with Gasteiger partial charge >= 0.3 is 36.8 Å². The van der Waals surface area contributed by atoms with Crippen LogP contribution in [0.2, 0.25) is 0 Å². The Bertz CT molecular complexity index is 30.8. The fourth-order valence-corrected chi connectivity index (χ4v) is 0.204. The molecule has 0 atom stereocenters. The van der Waals surface area contributed by atoms with Gasteiger partial charge in [-0.2, -0.15) is 0 Å². The molecular weight excluding hydrogens is 81.7 g/mol. The second-order valence-electron chi connectivity index (χ2n) is 0.430. The van der Waals surface area contributed by atoms with Crippen LogP contribution in [0.3, 0.4) is 0 Å². The Balaban J connectivity index is 2.40. The minimum atomic E-state index is 1.28. The van der Waals surface area contributed by atoms with Crippen LogP contribution >= 0.6 is 12.0 Å². The fourth-order valence-electron chi connectivity index (χ4n) is 0.0680. The number of hydrogen-bond acceptors (Lipinski definition) is 2. The number of rotatable bonds is 2. The third-order valence-electron chi connectivity index (χ3n) is 0.164. The number of hydrogen-bond donors (Lipinski definition) is 0. The topological polar surface area (TPSA) is 9.23 Å². The van der Waals surface area contributed by atoms with Crippen molar-refractivity contribution in [2.45, 2.75) is 0 Å². The molecule has 5 heavy (non-hydrogen) atoms. The van der Waals surface area contributed by atoms with Crippen LogP contribution in [0.5, 0.6) is 0 Å². The first-order valence-corrected chi connectivity index (χ1v) is 2.37. The van der Waals surface area contributed by atoms with E-state index in [0.29, 0.717) is 0 Å². The van der Waals surface area contributed by atoms with Gasteiger partial charge < -0.3 is 0 Å². The van der Waals surface area contributed by atoms with Gasteiger partial charge in [-0.25, -0.2) is 0 Å². The van der Waals surface area contributed by atoms with Crippen molar-refractivity contribution in [2.24, 2.45) is 0 Å². The van der Waals surface area contributed by atoms with Crippen molar-refractivity contribution in [1.29, 1.82) is 0 Å². The summed E-state index contributed by atoms with van der Waals surface area (Å²) in [6.07, 6.45) is 1.84. The van der Waals surface area contributed by atoms with Gasteiger partial charge in [0.25, 0.3) is 0 Å². The predicted octanol–water partition coefficient (Wildman–Crippen LogP) is -0.284. The molecule has 0 aliphatic rings.